The van der Waals surface area contributed by atoms with E-state index in [1.807, 2.05) is 5.38 Å². The monoisotopic (exact) mass is 334 g/mol. The molecular weight excluding hydrogens is 328 g/mol. The van der Waals surface area contributed by atoms with Gasteiger partial charge in [-0.15, -0.1) is 34.4 Å². The summed E-state index contributed by atoms with van der Waals surface area (Å²) in [6.45, 7) is 0. The van der Waals surface area contributed by atoms with Gasteiger partial charge >= 0.3 is 5.97 Å². The van der Waals surface area contributed by atoms with E-state index in [1.165, 1.54) is 16.9 Å². The Balaban J connectivity index is 1.97. The second-order valence-electron chi connectivity index (χ2n) is 3.00. The first kappa shape index (κ1) is 12.2. The molecule has 84 valence electrons. The lowest BCUT2D eigenvalue weighted by atomic mass is 10.4. The summed E-state index contributed by atoms with van der Waals surface area (Å²) in [4.78, 5) is 12.1. The smallest absolute Gasteiger partial charge is 0.345 e. The van der Waals surface area contributed by atoms with E-state index in [9.17, 15) is 4.79 Å². The van der Waals surface area contributed by atoms with E-state index in [4.69, 9.17) is 5.11 Å². The lowest BCUT2D eigenvalue weighted by Crippen LogP contribution is -1.89. The predicted molar refractivity (Wildman–Crippen MR) is 72.9 cm³/mol. The first-order chi connectivity index (χ1) is 7.65. The Labute approximate surface area is 113 Å². The molecule has 0 saturated heterocycles. The number of carboxylic acid groups (broad SMARTS) is 1. The topological polar surface area (TPSA) is 37.3 Å². The summed E-state index contributed by atoms with van der Waals surface area (Å²) < 4.78 is 1.12. The predicted octanol–water partition coefficient (Wildman–Crippen LogP) is 4.56. The SMILES string of the molecule is O=C(O)c1cc(SCc2csc(Br)c2)cs1. The van der Waals surface area contributed by atoms with Gasteiger partial charge in [0.05, 0.1) is 3.79 Å². The molecule has 0 aliphatic rings. The number of carbonyl (C=O) groups is 1. The first-order valence-electron chi connectivity index (χ1n) is 4.32. The van der Waals surface area contributed by atoms with Gasteiger partial charge in [0.15, 0.2) is 0 Å². The van der Waals surface area contributed by atoms with E-state index in [-0.39, 0.29) is 0 Å². The van der Waals surface area contributed by atoms with Gasteiger partial charge in [-0.25, -0.2) is 4.79 Å². The Morgan fingerprint density at radius 1 is 1.38 bits per heavy atom. The van der Waals surface area contributed by atoms with Gasteiger partial charge in [0.25, 0.3) is 0 Å². The van der Waals surface area contributed by atoms with Crippen molar-refractivity contribution in [1.29, 1.82) is 0 Å². The second-order valence-corrected chi connectivity index (χ2v) is 7.25. The highest BCUT2D eigenvalue weighted by Crippen LogP contribution is 2.30. The molecule has 0 bridgehead atoms. The molecule has 0 unspecified atom stereocenters. The number of halogens is 1. The van der Waals surface area contributed by atoms with Crippen LogP contribution in [-0.4, -0.2) is 11.1 Å². The third kappa shape index (κ3) is 3.10. The van der Waals surface area contributed by atoms with Gasteiger partial charge in [-0.05, 0) is 39.0 Å². The lowest BCUT2D eigenvalue weighted by molar-refractivity contribution is 0.0702. The zero-order chi connectivity index (χ0) is 11.5. The van der Waals surface area contributed by atoms with Crippen molar-refractivity contribution in [2.75, 3.05) is 0 Å². The molecule has 2 rings (SSSR count). The molecule has 2 aromatic heterocycles. The van der Waals surface area contributed by atoms with Crippen LogP contribution >= 0.6 is 50.4 Å². The fourth-order valence-corrected chi connectivity index (χ4v) is 4.21. The molecule has 1 N–H and O–H groups in total. The van der Waals surface area contributed by atoms with Crippen LogP contribution in [0.3, 0.4) is 0 Å². The van der Waals surface area contributed by atoms with Crippen molar-refractivity contribution in [1.82, 2.24) is 0 Å². The lowest BCUT2D eigenvalue weighted by Gasteiger charge is -1.94. The Kier molecular flexibility index (Phi) is 4.07. The zero-order valence-corrected chi connectivity index (χ0v) is 12.0. The first-order valence-corrected chi connectivity index (χ1v) is 7.86. The van der Waals surface area contributed by atoms with Crippen LogP contribution in [0.15, 0.2) is 31.6 Å². The molecule has 0 saturated carbocycles. The quantitative estimate of drug-likeness (QED) is 0.832. The Hall–Kier alpha value is -0.300. The van der Waals surface area contributed by atoms with Gasteiger partial charge in [0.1, 0.15) is 4.88 Å². The van der Waals surface area contributed by atoms with Gasteiger partial charge in [0, 0.05) is 16.0 Å². The third-order valence-electron chi connectivity index (χ3n) is 1.81. The fourth-order valence-electron chi connectivity index (χ4n) is 1.09. The number of thioether (sulfide) groups is 1. The molecule has 0 aromatic carbocycles. The average Bonchev–Trinajstić information content (AvgIpc) is 2.83. The van der Waals surface area contributed by atoms with Crippen LogP contribution in [-0.2, 0) is 5.75 Å². The summed E-state index contributed by atoms with van der Waals surface area (Å²) in [7, 11) is 0. The number of hydrogen-bond donors (Lipinski definition) is 1. The van der Waals surface area contributed by atoms with Crippen molar-refractivity contribution in [2.24, 2.45) is 0 Å². The molecule has 2 aromatic rings. The summed E-state index contributed by atoms with van der Waals surface area (Å²) in [5.41, 5.74) is 1.25. The fraction of sp³-hybridized carbons (Fsp3) is 0.100. The number of thiophene rings is 2. The Bertz CT molecular complexity index is 504. The van der Waals surface area contributed by atoms with E-state index in [2.05, 4.69) is 27.4 Å². The van der Waals surface area contributed by atoms with Crippen molar-refractivity contribution in [3.63, 3.8) is 0 Å². The van der Waals surface area contributed by atoms with Crippen molar-refractivity contribution < 1.29 is 9.90 Å². The van der Waals surface area contributed by atoms with E-state index < -0.39 is 5.97 Å². The largest absolute Gasteiger partial charge is 0.477 e. The van der Waals surface area contributed by atoms with Gasteiger partial charge in [-0.1, -0.05) is 0 Å². The molecule has 2 nitrogen and oxygen atoms in total. The Morgan fingerprint density at radius 3 is 2.75 bits per heavy atom. The highest BCUT2D eigenvalue weighted by molar-refractivity contribution is 9.11. The highest BCUT2D eigenvalue weighted by atomic mass is 79.9. The molecule has 0 fully saturated rings. The minimum Gasteiger partial charge on any atom is -0.477 e. The third-order valence-corrected chi connectivity index (χ3v) is 5.48. The van der Waals surface area contributed by atoms with Crippen molar-refractivity contribution in [3.05, 3.63) is 37.1 Å². The van der Waals surface area contributed by atoms with Crippen LogP contribution in [0.2, 0.25) is 0 Å². The zero-order valence-electron chi connectivity index (χ0n) is 7.97. The van der Waals surface area contributed by atoms with Crippen molar-refractivity contribution >= 4 is 56.3 Å². The maximum absolute atomic E-state index is 10.7. The van der Waals surface area contributed by atoms with Crippen LogP contribution < -0.4 is 0 Å². The van der Waals surface area contributed by atoms with Gasteiger partial charge in [0.2, 0.25) is 0 Å². The molecule has 0 spiro atoms. The maximum Gasteiger partial charge on any atom is 0.345 e. The number of rotatable bonds is 4. The summed E-state index contributed by atoms with van der Waals surface area (Å²) in [5.74, 6) is 0.0212. The molecule has 0 amide bonds. The molecule has 0 radical (unpaired) electrons. The molecular formula is C10H7BrO2S3. The second kappa shape index (κ2) is 5.35. The number of carboxylic acids is 1. The standard InChI is InChI=1S/C10H7BrO2S3/c11-9-1-6(4-16-9)3-14-7-2-8(10(12)13)15-5-7/h1-2,4-5H,3H2,(H,12,13). The number of aromatic carboxylic acids is 1. The van der Waals surface area contributed by atoms with Crippen LogP contribution in [0.5, 0.6) is 0 Å². The summed E-state index contributed by atoms with van der Waals surface area (Å²) >= 11 is 8.01. The van der Waals surface area contributed by atoms with Crippen molar-refractivity contribution in [2.45, 2.75) is 10.6 Å². The van der Waals surface area contributed by atoms with E-state index in [1.54, 1.807) is 29.2 Å². The molecule has 0 aliphatic carbocycles. The number of hydrogen-bond acceptors (Lipinski definition) is 4. The average molecular weight is 335 g/mol. The van der Waals surface area contributed by atoms with Gasteiger partial charge in [-0.3, -0.25) is 0 Å². The highest BCUT2D eigenvalue weighted by Gasteiger charge is 2.07. The summed E-state index contributed by atoms with van der Waals surface area (Å²) in [6, 6.07) is 3.81. The molecule has 16 heavy (non-hydrogen) atoms. The van der Waals surface area contributed by atoms with Gasteiger partial charge < -0.3 is 5.11 Å². The van der Waals surface area contributed by atoms with Crippen LogP contribution in [0, 0.1) is 0 Å². The van der Waals surface area contributed by atoms with E-state index in [0.29, 0.717) is 4.88 Å². The van der Waals surface area contributed by atoms with Gasteiger partial charge in [-0.2, -0.15) is 0 Å². The summed E-state index contributed by atoms with van der Waals surface area (Å²) in [6.07, 6.45) is 0. The molecule has 6 heteroatoms. The van der Waals surface area contributed by atoms with Crippen LogP contribution in [0.4, 0.5) is 0 Å². The Morgan fingerprint density at radius 2 is 2.19 bits per heavy atom. The maximum atomic E-state index is 10.7. The molecule has 0 atom stereocenters. The summed E-state index contributed by atoms with van der Waals surface area (Å²) in [5, 5.41) is 12.8. The molecule has 2 heterocycles. The van der Waals surface area contributed by atoms with E-state index >= 15 is 0 Å². The van der Waals surface area contributed by atoms with Crippen molar-refractivity contribution in [3.8, 4) is 0 Å². The molecule has 0 aliphatic heterocycles. The van der Waals surface area contributed by atoms with Crippen LogP contribution in [0.1, 0.15) is 15.2 Å². The van der Waals surface area contributed by atoms with E-state index in [0.717, 1.165) is 14.4 Å². The van der Waals surface area contributed by atoms with Crippen LogP contribution in [0.25, 0.3) is 0 Å². The normalized spacial score (nSPS) is 10.6. The minimum absolute atomic E-state index is 0.397. The minimum atomic E-state index is -0.852.